The number of methoxy groups -OCH3 is 1. The summed E-state index contributed by atoms with van der Waals surface area (Å²) in [5, 5.41) is 9.57. The van der Waals surface area contributed by atoms with Gasteiger partial charge in [-0.2, -0.15) is 5.10 Å². The molecule has 3 rings (SSSR count). The van der Waals surface area contributed by atoms with E-state index in [-0.39, 0.29) is 11.9 Å². The van der Waals surface area contributed by atoms with Crippen LogP contribution in [-0.2, 0) is 0 Å². The van der Waals surface area contributed by atoms with Crippen LogP contribution >= 0.6 is 0 Å². The van der Waals surface area contributed by atoms with Gasteiger partial charge in [-0.1, -0.05) is 6.07 Å². The van der Waals surface area contributed by atoms with Crippen molar-refractivity contribution in [2.75, 3.05) is 25.1 Å². The number of nitrogens with zero attached hydrogens (tertiary/aromatic N) is 2. The molecular weight excluding hydrogens is 280 g/mol. The number of hydrogen-bond acceptors (Lipinski definition) is 4. The van der Waals surface area contributed by atoms with Gasteiger partial charge in [0.2, 0.25) is 0 Å². The average Bonchev–Trinajstić information content (AvgIpc) is 3.10. The molecule has 6 nitrogen and oxygen atoms in total. The highest BCUT2D eigenvalue weighted by Gasteiger charge is 2.22. The predicted molar refractivity (Wildman–Crippen MR) is 84.3 cm³/mol. The van der Waals surface area contributed by atoms with Crippen LogP contribution in [0.3, 0.4) is 0 Å². The monoisotopic (exact) mass is 300 g/mol. The lowest BCUT2D eigenvalue weighted by Crippen LogP contribution is -2.47. The molecule has 0 radical (unpaired) electrons. The molecule has 0 unspecified atom stereocenters. The fourth-order valence-corrected chi connectivity index (χ4v) is 2.78. The highest BCUT2D eigenvalue weighted by Crippen LogP contribution is 2.24. The first kappa shape index (κ1) is 14.4. The Morgan fingerprint density at radius 2 is 2.36 bits per heavy atom. The number of benzene rings is 1. The van der Waals surface area contributed by atoms with Gasteiger partial charge in [-0.3, -0.25) is 9.89 Å². The van der Waals surface area contributed by atoms with Crippen molar-refractivity contribution in [3.05, 3.63) is 42.2 Å². The molecule has 1 aromatic heterocycles. The summed E-state index contributed by atoms with van der Waals surface area (Å²) in [5.41, 5.74) is 1.62. The number of piperidine rings is 1. The Hall–Kier alpha value is -2.50. The second kappa shape index (κ2) is 6.51. The second-order valence-electron chi connectivity index (χ2n) is 5.43. The summed E-state index contributed by atoms with van der Waals surface area (Å²) in [6, 6.07) is 9.83. The molecule has 22 heavy (non-hydrogen) atoms. The summed E-state index contributed by atoms with van der Waals surface area (Å²) in [5.74, 6) is 0.746. The molecule has 1 saturated heterocycles. The smallest absolute Gasteiger partial charge is 0.269 e. The van der Waals surface area contributed by atoms with Gasteiger partial charge >= 0.3 is 0 Å². The van der Waals surface area contributed by atoms with Gasteiger partial charge in [0, 0.05) is 37.1 Å². The molecule has 1 aromatic carbocycles. The largest absolute Gasteiger partial charge is 0.497 e. The first-order chi connectivity index (χ1) is 10.8. The summed E-state index contributed by atoms with van der Waals surface area (Å²) in [6.07, 6.45) is 3.61. The summed E-state index contributed by atoms with van der Waals surface area (Å²) in [6.45, 7) is 1.79. The number of ether oxygens (including phenoxy) is 1. The van der Waals surface area contributed by atoms with E-state index in [9.17, 15) is 4.79 Å². The first-order valence-corrected chi connectivity index (χ1v) is 7.45. The molecule has 1 aliphatic heterocycles. The Morgan fingerprint density at radius 1 is 1.45 bits per heavy atom. The maximum absolute atomic E-state index is 12.1. The number of nitrogens with one attached hydrogen (secondary N) is 2. The van der Waals surface area contributed by atoms with Gasteiger partial charge in [-0.25, -0.2) is 0 Å². The SMILES string of the molecule is COc1cccc(N2CCC[C@H](NC(=O)c3ccn[nH]3)C2)c1. The van der Waals surface area contributed by atoms with Gasteiger partial charge in [0.25, 0.3) is 5.91 Å². The van der Waals surface area contributed by atoms with Gasteiger partial charge in [0.1, 0.15) is 11.4 Å². The van der Waals surface area contributed by atoms with E-state index in [0.29, 0.717) is 5.69 Å². The molecule has 2 aromatic rings. The Labute approximate surface area is 129 Å². The van der Waals surface area contributed by atoms with Crippen molar-refractivity contribution in [2.24, 2.45) is 0 Å². The summed E-state index contributed by atoms with van der Waals surface area (Å²) < 4.78 is 5.28. The number of H-pyrrole nitrogens is 1. The van der Waals surface area contributed by atoms with Crippen LogP contribution in [0.2, 0.25) is 0 Å². The Balaban J connectivity index is 1.65. The van der Waals surface area contributed by atoms with E-state index in [0.717, 1.165) is 37.4 Å². The molecule has 2 heterocycles. The molecule has 1 aliphatic rings. The van der Waals surface area contributed by atoms with E-state index in [1.54, 1.807) is 19.4 Å². The highest BCUT2D eigenvalue weighted by atomic mass is 16.5. The third kappa shape index (κ3) is 3.21. The fourth-order valence-electron chi connectivity index (χ4n) is 2.78. The molecular formula is C16H20N4O2. The lowest BCUT2D eigenvalue weighted by Gasteiger charge is -2.34. The predicted octanol–water partition coefficient (Wildman–Crippen LogP) is 1.82. The van der Waals surface area contributed by atoms with Crippen LogP contribution in [0.25, 0.3) is 0 Å². The second-order valence-corrected chi connectivity index (χ2v) is 5.43. The van der Waals surface area contributed by atoms with Gasteiger partial charge in [-0.15, -0.1) is 0 Å². The van der Waals surface area contributed by atoms with Crippen molar-refractivity contribution < 1.29 is 9.53 Å². The molecule has 1 atom stereocenters. The van der Waals surface area contributed by atoms with Gasteiger partial charge < -0.3 is 15.0 Å². The number of hydrogen-bond donors (Lipinski definition) is 2. The van der Waals surface area contributed by atoms with E-state index in [2.05, 4.69) is 26.5 Å². The molecule has 6 heteroatoms. The minimum absolute atomic E-state index is 0.102. The Bertz CT molecular complexity index is 627. The van der Waals surface area contributed by atoms with E-state index < -0.39 is 0 Å². The van der Waals surface area contributed by atoms with E-state index in [4.69, 9.17) is 4.74 Å². The van der Waals surface area contributed by atoms with Gasteiger partial charge in [-0.05, 0) is 31.0 Å². The zero-order chi connectivity index (χ0) is 15.4. The highest BCUT2D eigenvalue weighted by molar-refractivity contribution is 5.92. The van der Waals surface area contributed by atoms with Crippen molar-refractivity contribution in [3.63, 3.8) is 0 Å². The summed E-state index contributed by atoms with van der Waals surface area (Å²) in [4.78, 5) is 14.4. The van der Waals surface area contributed by atoms with Crippen LogP contribution in [0.4, 0.5) is 5.69 Å². The minimum Gasteiger partial charge on any atom is -0.497 e. The van der Waals surface area contributed by atoms with Crippen molar-refractivity contribution >= 4 is 11.6 Å². The fraction of sp³-hybridized carbons (Fsp3) is 0.375. The van der Waals surface area contributed by atoms with Crippen molar-refractivity contribution in [1.82, 2.24) is 15.5 Å². The van der Waals surface area contributed by atoms with Crippen LogP contribution in [0, 0.1) is 0 Å². The number of carbonyl (C=O) groups is 1. The number of amides is 1. The maximum atomic E-state index is 12.1. The molecule has 2 N–H and O–H groups in total. The molecule has 1 amide bonds. The van der Waals surface area contributed by atoms with Crippen LogP contribution < -0.4 is 15.0 Å². The third-order valence-corrected chi connectivity index (χ3v) is 3.92. The van der Waals surface area contributed by atoms with E-state index in [1.165, 1.54) is 0 Å². The van der Waals surface area contributed by atoms with E-state index in [1.807, 2.05) is 18.2 Å². The molecule has 0 aliphatic carbocycles. The van der Waals surface area contributed by atoms with Crippen molar-refractivity contribution in [3.8, 4) is 5.75 Å². The summed E-state index contributed by atoms with van der Waals surface area (Å²) in [7, 11) is 1.67. The maximum Gasteiger partial charge on any atom is 0.269 e. The number of anilines is 1. The number of carbonyl (C=O) groups excluding carboxylic acids is 1. The third-order valence-electron chi connectivity index (χ3n) is 3.92. The van der Waals surface area contributed by atoms with Crippen LogP contribution in [-0.4, -0.2) is 42.3 Å². The van der Waals surface area contributed by atoms with Gasteiger partial charge in [0.05, 0.1) is 7.11 Å². The normalized spacial score (nSPS) is 18.0. The Morgan fingerprint density at radius 3 is 3.14 bits per heavy atom. The standard InChI is InChI=1S/C16H20N4O2/c1-22-14-6-2-5-13(10-14)20-9-3-4-12(11-20)18-16(21)15-7-8-17-19-15/h2,5-8,10,12H,3-4,9,11H2,1H3,(H,17,19)(H,18,21)/t12-/m0/s1. The lowest BCUT2D eigenvalue weighted by molar-refractivity contribution is 0.0928. The average molecular weight is 300 g/mol. The zero-order valence-corrected chi connectivity index (χ0v) is 12.6. The van der Waals surface area contributed by atoms with Crippen LogP contribution in [0.5, 0.6) is 5.75 Å². The molecule has 0 spiro atoms. The Kier molecular flexibility index (Phi) is 4.27. The topological polar surface area (TPSA) is 70.2 Å². The van der Waals surface area contributed by atoms with Crippen molar-refractivity contribution in [2.45, 2.75) is 18.9 Å². The minimum atomic E-state index is -0.102. The van der Waals surface area contributed by atoms with Gasteiger partial charge in [0.15, 0.2) is 0 Å². The number of aromatic amines is 1. The number of aromatic nitrogens is 2. The molecule has 0 saturated carbocycles. The zero-order valence-electron chi connectivity index (χ0n) is 12.6. The first-order valence-electron chi connectivity index (χ1n) is 7.45. The van der Waals surface area contributed by atoms with Crippen molar-refractivity contribution in [1.29, 1.82) is 0 Å². The van der Waals surface area contributed by atoms with Crippen LogP contribution in [0.15, 0.2) is 36.5 Å². The molecule has 0 bridgehead atoms. The number of rotatable bonds is 4. The van der Waals surface area contributed by atoms with Crippen LogP contribution in [0.1, 0.15) is 23.3 Å². The quantitative estimate of drug-likeness (QED) is 0.903. The lowest BCUT2D eigenvalue weighted by atomic mass is 10.0. The van der Waals surface area contributed by atoms with E-state index >= 15 is 0 Å². The summed E-state index contributed by atoms with van der Waals surface area (Å²) >= 11 is 0. The molecule has 1 fully saturated rings. The molecule has 116 valence electrons.